The van der Waals surface area contributed by atoms with E-state index in [2.05, 4.69) is 32.6 Å². The lowest BCUT2D eigenvalue weighted by molar-refractivity contribution is -0.137. The molecule has 0 amide bonds. The third-order valence-corrected chi connectivity index (χ3v) is 2.56. The van der Waals surface area contributed by atoms with Crippen molar-refractivity contribution in [2.24, 2.45) is 5.92 Å². The Morgan fingerprint density at radius 3 is 2.23 bits per heavy atom. The third kappa shape index (κ3) is 4.88. The number of aliphatic carboxylic acids is 1. The van der Waals surface area contributed by atoms with Crippen molar-refractivity contribution in [3.63, 3.8) is 0 Å². The van der Waals surface area contributed by atoms with Gasteiger partial charge < -0.3 is 10.0 Å². The minimum absolute atomic E-state index is 0.241. The van der Waals surface area contributed by atoms with Crippen LogP contribution < -0.4 is 0 Å². The van der Waals surface area contributed by atoms with E-state index in [0.717, 1.165) is 6.54 Å². The van der Waals surface area contributed by atoms with Gasteiger partial charge in [-0.3, -0.25) is 4.79 Å². The molecule has 0 aromatic rings. The Bertz CT molecular complexity index is 157. The Labute approximate surface area is 80.7 Å². The van der Waals surface area contributed by atoms with Crippen molar-refractivity contribution < 1.29 is 9.90 Å². The normalized spacial score (nSPS) is 13.7. The van der Waals surface area contributed by atoms with Crippen LogP contribution in [0, 0.1) is 5.92 Å². The summed E-state index contributed by atoms with van der Waals surface area (Å²) in [4.78, 5) is 12.6. The van der Waals surface area contributed by atoms with E-state index in [1.54, 1.807) is 0 Å². The van der Waals surface area contributed by atoms with Crippen molar-refractivity contribution in [2.45, 2.75) is 40.2 Å². The van der Waals surface area contributed by atoms with Crippen molar-refractivity contribution in [2.75, 3.05) is 13.1 Å². The zero-order chi connectivity index (χ0) is 10.4. The summed E-state index contributed by atoms with van der Waals surface area (Å²) in [7, 11) is 0. The van der Waals surface area contributed by atoms with Crippen molar-refractivity contribution in [1.29, 1.82) is 0 Å². The fraction of sp³-hybridized carbons (Fsp3) is 0.900. The Hall–Kier alpha value is -0.570. The van der Waals surface area contributed by atoms with Gasteiger partial charge in [0.1, 0.15) is 0 Å². The Morgan fingerprint density at radius 1 is 1.38 bits per heavy atom. The molecular weight excluding hydrogens is 166 g/mol. The molecule has 0 radical (unpaired) electrons. The van der Waals surface area contributed by atoms with E-state index in [1.165, 1.54) is 0 Å². The molecule has 13 heavy (non-hydrogen) atoms. The maximum Gasteiger partial charge on any atom is 0.304 e. The van der Waals surface area contributed by atoms with E-state index in [-0.39, 0.29) is 6.42 Å². The Kier molecular flexibility index (Phi) is 5.71. The predicted molar refractivity (Wildman–Crippen MR) is 53.8 cm³/mol. The first kappa shape index (κ1) is 12.4. The number of rotatable bonds is 6. The number of hydrogen-bond acceptors (Lipinski definition) is 2. The van der Waals surface area contributed by atoms with Crippen LogP contribution in [0.15, 0.2) is 0 Å². The van der Waals surface area contributed by atoms with Gasteiger partial charge in [-0.1, -0.05) is 20.8 Å². The van der Waals surface area contributed by atoms with E-state index in [4.69, 9.17) is 5.11 Å². The minimum atomic E-state index is -0.714. The summed E-state index contributed by atoms with van der Waals surface area (Å²) in [5.74, 6) is -0.136. The second-order valence-corrected chi connectivity index (χ2v) is 3.76. The number of hydrogen-bond donors (Lipinski definition) is 1. The van der Waals surface area contributed by atoms with Gasteiger partial charge in [-0.15, -0.1) is 0 Å². The smallest absolute Gasteiger partial charge is 0.304 e. The maximum atomic E-state index is 10.4. The van der Waals surface area contributed by atoms with Crippen molar-refractivity contribution in [3.05, 3.63) is 0 Å². The van der Waals surface area contributed by atoms with Crippen LogP contribution in [0.1, 0.15) is 34.1 Å². The highest BCUT2D eigenvalue weighted by molar-refractivity contribution is 5.66. The second kappa shape index (κ2) is 5.97. The first-order valence-electron chi connectivity index (χ1n) is 4.94. The highest BCUT2D eigenvalue weighted by Crippen LogP contribution is 2.09. The molecule has 1 atom stereocenters. The molecular formula is C10H21NO2. The fourth-order valence-corrected chi connectivity index (χ4v) is 1.31. The number of carboxylic acid groups (broad SMARTS) is 1. The van der Waals surface area contributed by atoms with Crippen LogP contribution in [-0.2, 0) is 4.79 Å². The number of carbonyl (C=O) groups is 1. The van der Waals surface area contributed by atoms with Crippen molar-refractivity contribution >= 4 is 5.97 Å². The molecule has 3 heteroatoms. The number of carboxylic acids is 1. The summed E-state index contributed by atoms with van der Waals surface area (Å²) in [5, 5.41) is 8.55. The van der Waals surface area contributed by atoms with Crippen LogP contribution in [0.4, 0.5) is 0 Å². The van der Waals surface area contributed by atoms with E-state index in [1.807, 2.05) is 0 Å². The standard InChI is InChI=1S/C10H21NO2/c1-5-11(7-6-10(12)13)9(4)8(2)3/h8-9H,5-7H2,1-4H3,(H,12,13). The monoisotopic (exact) mass is 187 g/mol. The quantitative estimate of drug-likeness (QED) is 0.689. The van der Waals surface area contributed by atoms with E-state index < -0.39 is 5.97 Å². The van der Waals surface area contributed by atoms with Crippen molar-refractivity contribution in [1.82, 2.24) is 4.90 Å². The molecule has 0 aliphatic rings. The van der Waals surface area contributed by atoms with E-state index >= 15 is 0 Å². The lowest BCUT2D eigenvalue weighted by Crippen LogP contribution is -2.37. The number of nitrogens with zero attached hydrogens (tertiary/aromatic N) is 1. The van der Waals surface area contributed by atoms with Crippen LogP contribution in [0.25, 0.3) is 0 Å². The molecule has 3 nitrogen and oxygen atoms in total. The summed E-state index contributed by atoms with van der Waals surface area (Å²) in [6.45, 7) is 10.1. The molecule has 0 aromatic heterocycles. The molecule has 0 saturated heterocycles. The van der Waals surface area contributed by atoms with Gasteiger partial charge in [-0.25, -0.2) is 0 Å². The summed E-state index contributed by atoms with van der Waals surface area (Å²) in [5.41, 5.74) is 0. The van der Waals surface area contributed by atoms with Crippen LogP contribution in [0.5, 0.6) is 0 Å². The molecule has 0 fully saturated rings. The largest absolute Gasteiger partial charge is 0.481 e. The van der Waals surface area contributed by atoms with E-state index in [9.17, 15) is 4.79 Å². The average molecular weight is 187 g/mol. The van der Waals surface area contributed by atoms with Gasteiger partial charge >= 0.3 is 5.97 Å². The fourth-order valence-electron chi connectivity index (χ4n) is 1.31. The SMILES string of the molecule is CCN(CCC(=O)O)C(C)C(C)C. The minimum Gasteiger partial charge on any atom is -0.481 e. The first-order chi connectivity index (χ1) is 5.99. The lowest BCUT2D eigenvalue weighted by Gasteiger charge is -2.30. The Morgan fingerprint density at radius 2 is 1.92 bits per heavy atom. The molecule has 0 aromatic carbocycles. The topological polar surface area (TPSA) is 40.5 Å². The molecule has 0 bridgehead atoms. The molecule has 0 saturated carbocycles. The van der Waals surface area contributed by atoms with E-state index in [0.29, 0.717) is 18.5 Å². The van der Waals surface area contributed by atoms with Gasteiger partial charge in [0.15, 0.2) is 0 Å². The highest BCUT2D eigenvalue weighted by atomic mass is 16.4. The first-order valence-corrected chi connectivity index (χ1v) is 4.94. The summed E-state index contributed by atoms with van der Waals surface area (Å²) >= 11 is 0. The molecule has 78 valence electrons. The molecule has 1 N–H and O–H groups in total. The summed E-state index contributed by atoms with van der Waals surface area (Å²) in [6.07, 6.45) is 0.241. The van der Waals surface area contributed by atoms with Gasteiger partial charge in [-0.2, -0.15) is 0 Å². The second-order valence-electron chi connectivity index (χ2n) is 3.76. The van der Waals surface area contributed by atoms with Crippen LogP contribution in [-0.4, -0.2) is 35.1 Å². The van der Waals surface area contributed by atoms with Crippen molar-refractivity contribution in [3.8, 4) is 0 Å². The molecule has 0 aliphatic heterocycles. The van der Waals surface area contributed by atoms with Gasteiger partial charge in [0.25, 0.3) is 0 Å². The van der Waals surface area contributed by atoms with Crippen LogP contribution >= 0.6 is 0 Å². The molecule has 0 spiro atoms. The molecule has 0 heterocycles. The molecule has 1 unspecified atom stereocenters. The maximum absolute atomic E-state index is 10.4. The van der Waals surface area contributed by atoms with Gasteiger partial charge in [0, 0.05) is 12.6 Å². The molecule has 0 rings (SSSR count). The molecule has 0 aliphatic carbocycles. The predicted octanol–water partition coefficient (Wildman–Crippen LogP) is 1.83. The average Bonchev–Trinajstić information content (AvgIpc) is 2.04. The van der Waals surface area contributed by atoms with Crippen LogP contribution in [0.3, 0.4) is 0 Å². The third-order valence-electron chi connectivity index (χ3n) is 2.56. The zero-order valence-electron chi connectivity index (χ0n) is 9.08. The summed E-state index contributed by atoms with van der Waals surface area (Å²) in [6, 6.07) is 0.462. The lowest BCUT2D eigenvalue weighted by atomic mass is 10.0. The van der Waals surface area contributed by atoms with Gasteiger partial charge in [-0.05, 0) is 19.4 Å². The Balaban J connectivity index is 3.94. The zero-order valence-corrected chi connectivity index (χ0v) is 9.08. The van der Waals surface area contributed by atoms with Gasteiger partial charge in [0.2, 0.25) is 0 Å². The van der Waals surface area contributed by atoms with Gasteiger partial charge in [0.05, 0.1) is 6.42 Å². The summed E-state index contributed by atoms with van der Waals surface area (Å²) < 4.78 is 0. The highest BCUT2D eigenvalue weighted by Gasteiger charge is 2.15. The van der Waals surface area contributed by atoms with Crippen LogP contribution in [0.2, 0.25) is 0 Å².